The molecule has 0 aliphatic carbocycles. The average Bonchev–Trinajstić information content (AvgIpc) is 2.18. The first-order chi connectivity index (χ1) is 7.20. The largest absolute Gasteiger partial charge is 0.380 e. The molecule has 0 amide bonds. The molecule has 1 unspecified atom stereocenters. The fourth-order valence-corrected chi connectivity index (χ4v) is 1.58. The van der Waals surface area contributed by atoms with Crippen LogP contribution >= 0.6 is 0 Å². The summed E-state index contributed by atoms with van der Waals surface area (Å²) in [6.07, 6.45) is 1.22. The van der Waals surface area contributed by atoms with E-state index < -0.39 is 0 Å². The normalized spacial score (nSPS) is 13.4. The van der Waals surface area contributed by atoms with Crippen molar-refractivity contribution in [2.24, 2.45) is 5.92 Å². The molecule has 0 bridgehead atoms. The van der Waals surface area contributed by atoms with E-state index in [4.69, 9.17) is 4.74 Å². The Bertz CT molecular complexity index is 117. The van der Waals surface area contributed by atoms with E-state index in [1.165, 1.54) is 6.42 Å². The third kappa shape index (κ3) is 10.2. The van der Waals surface area contributed by atoms with Gasteiger partial charge in [-0.05, 0) is 39.4 Å². The van der Waals surface area contributed by atoms with Crippen LogP contribution in [0.4, 0.5) is 0 Å². The molecule has 0 heterocycles. The second kappa shape index (κ2) is 10.4. The lowest BCUT2D eigenvalue weighted by molar-refractivity contribution is 0.117. The number of nitrogens with one attached hydrogen (secondary N) is 1. The molecule has 0 fully saturated rings. The van der Waals surface area contributed by atoms with Crippen molar-refractivity contribution in [2.75, 3.05) is 46.4 Å². The van der Waals surface area contributed by atoms with Crippen LogP contribution in [0, 0.1) is 5.92 Å². The van der Waals surface area contributed by atoms with Crippen LogP contribution in [0.3, 0.4) is 0 Å². The van der Waals surface area contributed by atoms with E-state index in [2.05, 4.69) is 31.1 Å². The smallest absolute Gasteiger partial charge is 0.0593 e. The molecule has 0 spiro atoms. The highest BCUT2D eigenvalue weighted by Crippen LogP contribution is 1.96. The van der Waals surface area contributed by atoms with Crippen LogP contribution in [0.2, 0.25) is 0 Å². The summed E-state index contributed by atoms with van der Waals surface area (Å²) in [6.45, 7) is 12.6. The highest BCUT2D eigenvalue weighted by atomic mass is 16.5. The Morgan fingerprint density at radius 2 is 2.07 bits per heavy atom. The van der Waals surface area contributed by atoms with Crippen molar-refractivity contribution in [3.8, 4) is 0 Å². The van der Waals surface area contributed by atoms with Gasteiger partial charge in [0.25, 0.3) is 0 Å². The maximum atomic E-state index is 5.33. The second-order valence-electron chi connectivity index (χ2n) is 4.27. The van der Waals surface area contributed by atoms with Crippen molar-refractivity contribution in [3.05, 3.63) is 0 Å². The third-order valence-electron chi connectivity index (χ3n) is 2.36. The number of hydrogen-bond donors (Lipinski definition) is 1. The van der Waals surface area contributed by atoms with Crippen LogP contribution in [0.25, 0.3) is 0 Å². The van der Waals surface area contributed by atoms with Gasteiger partial charge in [0, 0.05) is 19.7 Å². The summed E-state index contributed by atoms with van der Waals surface area (Å²) in [7, 11) is 2.16. The van der Waals surface area contributed by atoms with Crippen LogP contribution < -0.4 is 5.32 Å². The number of rotatable bonds is 10. The molecular formula is C12H28N2O. The predicted molar refractivity (Wildman–Crippen MR) is 66.3 cm³/mol. The summed E-state index contributed by atoms with van der Waals surface area (Å²) in [5.41, 5.74) is 0. The maximum Gasteiger partial charge on any atom is 0.0593 e. The monoisotopic (exact) mass is 216 g/mol. The van der Waals surface area contributed by atoms with E-state index in [0.717, 1.165) is 39.4 Å². The second-order valence-corrected chi connectivity index (χ2v) is 4.27. The zero-order chi connectivity index (χ0) is 11.5. The Morgan fingerprint density at radius 3 is 2.67 bits per heavy atom. The molecule has 1 atom stereocenters. The van der Waals surface area contributed by atoms with Gasteiger partial charge in [0.2, 0.25) is 0 Å². The van der Waals surface area contributed by atoms with Crippen molar-refractivity contribution < 1.29 is 4.74 Å². The average molecular weight is 216 g/mol. The minimum absolute atomic E-state index is 0.711. The first-order valence-corrected chi connectivity index (χ1v) is 6.17. The van der Waals surface area contributed by atoms with E-state index in [0.29, 0.717) is 5.92 Å². The van der Waals surface area contributed by atoms with Crippen molar-refractivity contribution in [1.82, 2.24) is 10.2 Å². The first-order valence-electron chi connectivity index (χ1n) is 6.17. The van der Waals surface area contributed by atoms with Crippen LogP contribution in [-0.2, 0) is 4.74 Å². The number of hydrogen-bond acceptors (Lipinski definition) is 3. The molecule has 3 nitrogen and oxygen atoms in total. The van der Waals surface area contributed by atoms with Crippen LogP contribution in [0.1, 0.15) is 27.2 Å². The van der Waals surface area contributed by atoms with Gasteiger partial charge in [0.1, 0.15) is 0 Å². The highest BCUT2D eigenvalue weighted by Gasteiger charge is 2.05. The number of ether oxygens (including phenoxy) is 1. The fourth-order valence-electron chi connectivity index (χ4n) is 1.58. The van der Waals surface area contributed by atoms with Crippen molar-refractivity contribution in [3.63, 3.8) is 0 Å². The summed E-state index contributed by atoms with van der Waals surface area (Å²) >= 11 is 0. The fraction of sp³-hybridized carbons (Fsp3) is 1.00. The Kier molecular flexibility index (Phi) is 10.3. The molecule has 0 aromatic rings. The van der Waals surface area contributed by atoms with E-state index in [-0.39, 0.29) is 0 Å². The quantitative estimate of drug-likeness (QED) is 0.561. The molecule has 0 aromatic carbocycles. The molecule has 0 saturated carbocycles. The maximum absolute atomic E-state index is 5.33. The van der Waals surface area contributed by atoms with E-state index >= 15 is 0 Å². The van der Waals surface area contributed by atoms with Crippen molar-refractivity contribution >= 4 is 0 Å². The molecule has 15 heavy (non-hydrogen) atoms. The molecule has 0 radical (unpaired) electrons. The molecule has 92 valence electrons. The minimum atomic E-state index is 0.711. The minimum Gasteiger partial charge on any atom is -0.380 e. The molecule has 0 saturated heterocycles. The van der Waals surface area contributed by atoms with Gasteiger partial charge in [-0.25, -0.2) is 0 Å². The third-order valence-corrected chi connectivity index (χ3v) is 2.36. The lowest BCUT2D eigenvalue weighted by Gasteiger charge is -2.21. The van der Waals surface area contributed by atoms with Crippen LogP contribution in [0.5, 0.6) is 0 Å². The Hall–Kier alpha value is -0.120. The highest BCUT2D eigenvalue weighted by molar-refractivity contribution is 4.61. The van der Waals surface area contributed by atoms with E-state index in [1.54, 1.807) is 0 Å². The summed E-state index contributed by atoms with van der Waals surface area (Å²) in [4.78, 5) is 2.34. The van der Waals surface area contributed by atoms with Gasteiger partial charge < -0.3 is 15.0 Å². The summed E-state index contributed by atoms with van der Waals surface area (Å²) in [6, 6.07) is 0. The van der Waals surface area contributed by atoms with Gasteiger partial charge in [-0.2, -0.15) is 0 Å². The zero-order valence-corrected chi connectivity index (χ0v) is 10.9. The van der Waals surface area contributed by atoms with Gasteiger partial charge in [-0.15, -0.1) is 0 Å². The van der Waals surface area contributed by atoms with Crippen LogP contribution in [-0.4, -0.2) is 51.3 Å². The lowest BCUT2D eigenvalue weighted by Crippen LogP contribution is -2.33. The predicted octanol–water partition coefficient (Wildman–Crippen LogP) is 1.59. The first kappa shape index (κ1) is 14.9. The number of likely N-dealkylation sites (N-methyl/N-ethyl adjacent to an activating group) is 1. The van der Waals surface area contributed by atoms with Gasteiger partial charge in [-0.3, -0.25) is 0 Å². The molecular weight excluding hydrogens is 188 g/mol. The van der Waals surface area contributed by atoms with Gasteiger partial charge >= 0.3 is 0 Å². The van der Waals surface area contributed by atoms with Gasteiger partial charge in [0.05, 0.1) is 6.61 Å². The Balaban J connectivity index is 3.35. The molecule has 0 rings (SSSR count). The lowest BCUT2D eigenvalue weighted by atomic mass is 10.1. The van der Waals surface area contributed by atoms with E-state index in [1.807, 2.05) is 6.92 Å². The topological polar surface area (TPSA) is 24.5 Å². The molecule has 0 aromatic heterocycles. The summed E-state index contributed by atoms with van der Waals surface area (Å²) in [5.74, 6) is 0.711. The standard InChI is InChI=1S/C12H28N2O/c1-5-7-13-10-12(3)11-14(4)8-9-15-6-2/h12-13H,5-11H2,1-4H3. The van der Waals surface area contributed by atoms with Crippen molar-refractivity contribution in [1.29, 1.82) is 0 Å². The molecule has 1 N–H and O–H groups in total. The van der Waals surface area contributed by atoms with Gasteiger partial charge in [0.15, 0.2) is 0 Å². The summed E-state index contributed by atoms with van der Waals surface area (Å²) < 4.78 is 5.33. The molecule has 0 aliphatic heterocycles. The SMILES string of the molecule is CCCNCC(C)CN(C)CCOCC. The summed E-state index contributed by atoms with van der Waals surface area (Å²) in [5, 5.41) is 3.45. The molecule has 3 heteroatoms. The zero-order valence-electron chi connectivity index (χ0n) is 10.9. The Morgan fingerprint density at radius 1 is 1.33 bits per heavy atom. The van der Waals surface area contributed by atoms with Crippen LogP contribution in [0.15, 0.2) is 0 Å². The number of nitrogens with zero attached hydrogens (tertiary/aromatic N) is 1. The molecule has 0 aliphatic rings. The Labute approximate surface area is 95.2 Å². The van der Waals surface area contributed by atoms with Gasteiger partial charge in [-0.1, -0.05) is 13.8 Å². The van der Waals surface area contributed by atoms with E-state index in [9.17, 15) is 0 Å². The van der Waals surface area contributed by atoms with Crippen molar-refractivity contribution in [2.45, 2.75) is 27.2 Å².